The van der Waals surface area contributed by atoms with Gasteiger partial charge in [0.15, 0.2) is 0 Å². The monoisotopic (exact) mass is 278 g/mol. The fraction of sp³-hybridized carbons (Fsp3) is 0.357. The Bertz CT molecular complexity index is 607. The molecule has 0 fully saturated rings. The van der Waals surface area contributed by atoms with Crippen molar-refractivity contribution in [3.8, 4) is 0 Å². The van der Waals surface area contributed by atoms with Crippen LogP contribution in [0.25, 0.3) is 10.1 Å². The lowest BCUT2D eigenvalue weighted by Gasteiger charge is -2.10. The van der Waals surface area contributed by atoms with Gasteiger partial charge in [0, 0.05) is 23.7 Å². The summed E-state index contributed by atoms with van der Waals surface area (Å²) in [5.74, 6) is -0.137. The number of thiophene rings is 1. The molecule has 102 valence electrons. The predicted octanol–water partition coefficient (Wildman–Crippen LogP) is 2.56. The molecule has 1 aromatic carbocycles. The largest absolute Gasteiger partial charge is 0.397 e. The number of fused-ring (bicyclic) bond motifs is 1. The molecule has 0 saturated carbocycles. The molecule has 0 aliphatic carbocycles. The van der Waals surface area contributed by atoms with Crippen LogP contribution in [-0.2, 0) is 4.74 Å². The fourth-order valence-electron chi connectivity index (χ4n) is 1.85. The van der Waals surface area contributed by atoms with Gasteiger partial charge >= 0.3 is 0 Å². The number of ether oxygens (including phenoxy) is 1. The summed E-state index contributed by atoms with van der Waals surface area (Å²) in [5, 5.41) is 3.79. The summed E-state index contributed by atoms with van der Waals surface area (Å²) in [6, 6.07) is 5.92. The lowest BCUT2D eigenvalue weighted by Crippen LogP contribution is -2.31. The number of benzene rings is 1. The van der Waals surface area contributed by atoms with Gasteiger partial charge < -0.3 is 15.8 Å². The summed E-state index contributed by atoms with van der Waals surface area (Å²) in [6.07, 6.45) is -0.0127. The zero-order chi connectivity index (χ0) is 14.0. The summed E-state index contributed by atoms with van der Waals surface area (Å²) < 4.78 is 6.18. The van der Waals surface area contributed by atoms with E-state index in [9.17, 15) is 4.79 Å². The highest BCUT2D eigenvalue weighted by Crippen LogP contribution is 2.35. The molecule has 0 spiro atoms. The van der Waals surface area contributed by atoms with Gasteiger partial charge in [-0.1, -0.05) is 18.2 Å². The number of nitrogen functional groups attached to an aromatic ring is 1. The maximum Gasteiger partial charge on any atom is 0.263 e. The van der Waals surface area contributed by atoms with E-state index < -0.39 is 0 Å². The number of aryl methyl sites for hydroxylation is 1. The molecule has 2 rings (SSSR count). The van der Waals surface area contributed by atoms with Crippen molar-refractivity contribution in [3.63, 3.8) is 0 Å². The summed E-state index contributed by atoms with van der Waals surface area (Å²) in [5.41, 5.74) is 7.76. The standard InChI is InChI=1S/C14H18N2O2S/c1-8-5-4-6-10-11(15)13(19-12(8)10)14(17)16-7-9(2)18-3/h4-6,9H,7,15H2,1-3H3,(H,16,17). The maximum atomic E-state index is 12.1. The van der Waals surface area contributed by atoms with Crippen molar-refractivity contribution in [1.29, 1.82) is 0 Å². The Labute approximate surface area is 116 Å². The Morgan fingerprint density at radius 3 is 2.89 bits per heavy atom. The Balaban J connectivity index is 2.28. The number of carbonyl (C=O) groups excluding carboxylic acids is 1. The lowest BCUT2D eigenvalue weighted by molar-refractivity contribution is 0.0874. The first-order chi connectivity index (χ1) is 9.04. The van der Waals surface area contributed by atoms with Crippen LogP contribution in [0, 0.1) is 6.92 Å². The van der Waals surface area contributed by atoms with Crippen LogP contribution in [0.2, 0.25) is 0 Å². The Kier molecular flexibility index (Phi) is 4.07. The van der Waals surface area contributed by atoms with Crippen LogP contribution in [0.1, 0.15) is 22.2 Å². The zero-order valence-corrected chi connectivity index (χ0v) is 12.1. The number of nitrogens with one attached hydrogen (secondary N) is 1. The Morgan fingerprint density at radius 1 is 1.53 bits per heavy atom. The van der Waals surface area contributed by atoms with Crippen molar-refractivity contribution in [2.75, 3.05) is 19.4 Å². The van der Waals surface area contributed by atoms with Gasteiger partial charge in [-0.05, 0) is 19.4 Å². The van der Waals surface area contributed by atoms with Gasteiger partial charge in [-0.25, -0.2) is 0 Å². The molecule has 4 nitrogen and oxygen atoms in total. The summed E-state index contributed by atoms with van der Waals surface area (Å²) in [7, 11) is 1.62. The molecule has 19 heavy (non-hydrogen) atoms. The van der Waals surface area contributed by atoms with Crippen molar-refractivity contribution < 1.29 is 9.53 Å². The van der Waals surface area contributed by atoms with Crippen molar-refractivity contribution in [2.24, 2.45) is 0 Å². The number of hydrogen-bond donors (Lipinski definition) is 2. The summed E-state index contributed by atoms with van der Waals surface area (Å²) in [4.78, 5) is 12.7. The Morgan fingerprint density at radius 2 is 2.26 bits per heavy atom. The molecule has 1 heterocycles. The molecule has 1 unspecified atom stereocenters. The first-order valence-electron chi connectivity index (χ1n) is 6.13. The number of carbonyl (C=O) groups is 1. The number of nitrogens with two attached hydrogens (primary N) is 1. The molecule has 1 amide bonds. The van der Waals surface area contributed by atoms with Crippen LogP contribution >= 0.6 is 11.3 Å². The van der Waals surface area contributed by atoms with E-state index in [2.05, 4.69) is 5.32 Å². The third-order valence-electron chi connectivity index (χ3n) is 3.11. The highest BCUT2D eigenvalue weighted by Gasteiger charge is 2.17. The topological polar surface area (TPSA) is 64.3 Å². The van der Waals surface area contributed by atoms with E-state index in [1.54, 1.807) is 7.11 Å². The first kappa shape index (κ1) is 13.8. The minimum absolute atomic E-state index is 0.0127. The van der Waals surface area contributed by atoms with Crippen molar-refractivity contribution in [3.05, 3.63) is 28.6 Å². The van der Waals surface area contributed by atoms with Gasteiger partial charge in [-0.15, -0.1) is 11.3 Å². The molecule has 0 aliphatic heterocycles. The molecular weight excluding hydrogens is 260 g/mol. The molecule has 3 N–H and O–H groups in total. The lowest BCUT2D eigenvalue weighted by atomic mass is 10.1. The summed E-state index contributed by atoms with van der Waals surface area (Å²) in [6.45, 7) is 4.40. The third kappa shape index (κ3) is 2.72. The van der Waals surface area contributed by atoms with E-state index in [0.29, 0.717) is 17.1 Å². The fourth-order valence-corrected chi connectivity index (χ4v) is 2.95. The first-order valence-corrected chi connectivity index (χ1v) is 6.94. The molecule has 2 aromatic rings. The number of anilines is 1. The molecule has 0 bridgehead atoms. The van der Waals surface area contributed by atoms with Gasteiger partial charge in [-0.2, -0.15) is 0 Å². The van der Waals surface area contributed by atoms with Crippen LogP contribution in [0.5, 0.6) is 0 Å². The van der Waals surface area contributed by atoms with Crippen molar-refractivity contribution in [2.45, 2.75) is 20.0 Å². The zero-order valence-electron chi connectivity index (χ0n) is 11.3. The minimum Gasteiger partial charge on any atom is -0.397 e. The van der Waals surface area contributed by atoms with E-state index in [0.717, 1.165) is 15.6 Å². The second kappa shape index (κ2) is 5.59. The second-order valence-electron chi connectivity index (χ2n) is 4.55. The Hall–Kier alpha value is -1.59. The molecule has 0 aliphatic rings. The van der Waals surface area contributed by atoms with Crippen LogP contribution in [0.15, 0.2) is 18.2 Å². The quantitative estimate of drug-likeness (QED) is 0.903. The molecule has 1 aromatic heterocycles. The van der Waals surface area contributed by atoms with Gasteiger partial charge in [0.1, 0.15) is 4.88 Å². The highest BCUT2D eigenvalue weighted by atomic mass is 32.1. The molecule has 5 heteroatoms. The van der Waals surface area contributed by atoms with E-state index in [4.69, 9.17) is 10.5 Å². The van der Waals surface area contributed by atoms with Gasteiger partial charge in [0.05, 0.1) is 11.8 Å². The maximum absolute atomic E-state index is 12.1. The van der Waals surface area contributed by atoms with E-state index in [1.807, 2.05) is 32.0 Å². The van der Waals surface area contributed by atoms with Crippen LogP contribution < -0.4 is 11.1 Å². The van der Waals surface area contributed by atoms with Crippen molar-refractivity contribution >= 4 is 33.0 Å². The SMILES string of the molecule is COC(C)CNC(=O)c1sc2c(C)cccc2c1N. The number of rotatable bonds is 4. The number of hydrogen-bond acceptors (Lipinski definition) is 4. The van der Waals surface area contributed by atoms with Crippen LogP contribution in [-0.4, -0.2) is 25.7 Å². The molecule has 0 radical (unpaired) electrons. The summed E-state index contributed by atoms with van der Waals surface area (Å²) >= 11 is 1.44. The van der Waals surface area contributed by atoms with Gasteiger partial charge in [0.25, 0.3) is 5.91 Å². The van der Waals surface area contributed by atoms with Gasteiger partial charge in [-0.3, -0.25) is 4.79 Å². The van der Waals surface area contributed by atoms with Crippen LogP contribution in [0.3, 0.4) is 0 Å². The molecule has 0 saturated heterocycles. The van der Waals surface area contributed by atoms with Crippen LogP contribution in [0.4, 0.5) is 5.69 Å². The average molecular weight is 278 g/mol. The number of methoxy groups -OCH3 is 1. The predicted molar refractivity (Wildman–Crippen MR) is 79.8 cm³/mol. The molecular formula is C14H18N2O2S. The highest BCUT2D eigenvalue weighted by molar-refractivity contribution is 7.21. The minimum atomic E-state index is -0.137. The van der Waals surface area contributed by atoms with Gasteiger partial charge in [0.2, 0.25) is 0 Å². The molecule has 1 atom stereocenters. The third-order valence-corrected chi connectivity index (χ3v) is 4.46. The van der Waals surface area contributed by atoms with Crippen molar-refractivity contribution in [1.82, 2.24) is 5.32 Å². The smallest absolute Gasteiger partial charge is 0.263 e. The second-order valence-corrected chi connectivity index (χ2v) is 5.57. The van der Waals surface area contributed by atoms with E-state index >= 15 is 0 Å². The normalized spacial score (nSPS) is 12.6. The number of amides is 1. The van der Waals surface area contributed by atoms with E-state index in [1.165, 1.54) is 11.3 Å². The van der Waals surface area contributed by atoms with E-state index in [-0.39, 0.29) is 12.0 Å². The average Bonchev–Trinajstić information content (AvgIpc) is 2.75.